The Morgan fingerprint density at radius 1 is 1.50 bits per heavy atom. The van der Waals surface area contributed by atoms with E-state index >= 15 is 0 Å². The molecule has 1 atom stereocenters. The molecule has 0 spiro atoms. The molecule has 6 heteroatoms. The van der Waals surface area contributed by atoms with Crippen molar-refractivity contribution in [2.24, 2.45) is 10.9 Å². The number of amides is 1. The number of carbonyl (C=O) groups is 1. The van der Waals surface area contributed by atoms with Crippen molar-refractivity contribution >= 4 is 11.9 Å². The summed E-state index contributed by atoms with van der Waals surface area (Å²) in [6.07, 6.45) is -0.745. The van der Waals surface area contributed by atoms with Gasteiger partial charge in [-0.25, -0.2) is 4.79 Å². The van der Waals surface area contributed by atoms with E-state index in [0.29, 0.717) is 26.2 Å². The van der Waals surface area contributed by atoms with Gasteiger partial charge in [-0.05, 0) is 26.7 Å². The molecule has 0 bridgehead atoms. The predicted molar refractivity (Wildman–Crippen MR) is 79.0 cm³/mol. The third-order valence-electron chi connectivity index (χ3n) is 2.95. The van der Waals surface area contributed by atoms with E-state index in [1.807, 2.05) is 34.6 Å². The normalized spacial score (nSPS) is 17.8. The van der Waals surface area contributed by atoms with Crippen LogP contribution in [0.1, 0.15) is 34.6 Å². The van der Waals surface area contributed by atoms with E-state index in [4.69, 9.17) is 4.74 Å². The molecule has 0 saturated carbocycles. The molecule has 1 heterocycles. The summed E-state index contributed by atoms with van der Waals surface area (Å²) in [4.78, 5) is 17.9. The summed E-state index contributed by atoms with van der Waals surface area (Å²) in [5.41, 5.74) is -0.493. The van der Waals surface area contributed by atoms with Gasteiger partial charge in [-0.1, -0.05) is 13.8 Å². The monoisotopic (exact) mass is 285 g/mol. The molecule has 0 aromatic rings. The zero-order chi connectivity index (χ0) is 15.3. The van der Waals surface area contributed by atoms with Gasteiger partial charge >= 0.3 is 6.09 Å². The van der Waals surface area contributed by atoms with Gasteiger partial charge in [0, 0.05) is 13.1 Å². The van der Waals surface area contributed by atoms with E-state index in [-0.39, 0.29) is 12.0 Å². The van der Waals surface area contributed by atoms with Crippen LogP contribution in [-0.2, 0) is 4.74 Å². The Labute approximate surface area is 121 Å². The van der Waals surface area contributed by atoms with Gasteiger partial charge in [0.05, 0.1) is 19.2 Å². The van der Waals surface area contributed by atoms with Crippen molar-refractivity contribution in [3.8, 4) is 0 Å². The minimum Gasteiger partial charge on any atom is -0.444 e. The highest BCUT2D eigenvalue weighted by molar-refractivity contribution is 5.87. The summed E-state index contributed by atoms with van der Waals surface area (Å²) in [7, 11) is 0. The molecular weight excluding hydrogens is 258 g/mol. The lowest BCUT2D eigenvalue weighted by Gasteiger charge is -2.30. The van der Waals surface area contributed by atoms with Crippen LogP contribution in [0, 0.1) is 5.92 Å². The van der Waals surface area contributed by atoms with E-state index < -0.39 is 11.7 Å². The molecule has 2 N–H and O–H groups in total. The summed E-state index contributed by atoms with van der Waals surface area (Å²) in [6.45, 7) is 11.4. The van der Waals surface area contributed by atoms with Gasteiger partial charge in [-0.3, -0.25) is 9.89 Å². The summed E-state index contributed by atoms with van der Waals surface area (Å²) in [5.74, 6) is 0.912. The Kier molecular flexibility index (Phi) is 5.80. The van der Waals surface area contributed by atoms with E-state index in [1.165, 1.54) is 0 Å². The number of nitrogens with zero attached hydrogens (tertiary/aromatic N) is 2. The quantitative estimate of drug-likeness (QED) is 0.818. The minimum absolute atomic E-state index is 0.189. The van der Waals surface area contributed by atoms with Crippen molar-refractivity contribution in [3.05, 3.63) is 0 Å². The molecule has 0 aliphatic carbocycles. The Balaban J connectivity index is 2.46. The smallest absolute Gasteiger partial charge is 0.410 e. The molecule has 0 aromatic carbocycles. The third kappa shape index (κ3) is 5.77. The lowest BCUT2D eigenvalue weighted by Crippen LogP contribution is -2.48. The molecule has 0 fully saturated rings. The third-order valence-corrected chi connectivity index (χ3v) is 2.95. The Morgan fingerprint density at radius 2 is 2.15 bits per heavy atom. The second-order valence-corrected chi connectivity index (χ2v) is 6.42. The highest BCUT2D eigenvalue weighted by atomic mass is 16.6. The molecular formula is C14H27N3O3. The van der Waals surface area contributed by atoms with Gasteiger partial charge in [-0.15, -0.1) is 0 Å². The predicted octanol–water partition coefficient (Wildman–Crippen LogP) is 1.24. The molecule has 1 aliphatic rings. The van der Waals surface area contributed by atoms with Crippen LogP contribution in [0.2, 0.25) is 0 Å². The van der Waals surface area contributed by atoms with Gasteiger partial charge in [0.15, 0.2) is 0 Å². The van der Waals surface area contributed by atoms with Crippen LogP contribution in [0.3, 0.4) is 0 Å². The van der Waals surface area contributed by atoms with Gasteiger partial charge < -0.3 is 15.2 Å². The second-order valence-electron chi connectivity index (χ2n) is 6.42. The van der Waals surface area contributed by atoms with Crippen LogP contribution in [0.15, 0.2) is 4.99 Å². The number of aliphatic hydroxyl groups excluding tert-OH is 1. The van der Waals surface area contributed by atoms with E-state index in [0.717, 1.165) is 5.84 Å². The summed E-state index contributed by atoms with van der Waals surface area (Å²) < 4.78 is 5.34. The zero-order valence-corrected chi connectivity index (χ0v) is 13.1. The highest BCUT2D eigenvalue weighted by Gasteiger charge is 2.25. The molecule has 1 amide bonds. The van der Waals surface area contributed by atoms with Crippen molar-refractivity contribution < 1.29 is 14.6 Å². The molecule has 6 nitrogen and oxygen atoms in total. The van der Waals surface area contributed by atoms with Crippen LogP contribution in [0.25, 0.3) is 0 Å². The largest absolute Gasteiger partial charge is 0.444 e. The van der Waals surface area contributed by atoms with Gasteiger partial charge in [0.25, 0.3) is 0 Å². The number of ether oxygens (including phenoxy) is 1. The van der Waals surface area contributed by atoms with E-state index in [9.17, 15) is 9.90 Å². The molecule has 0 aromatic heterocycles. The molecule has 116 valence electrons. The topological polar surface area (TPSA) is 74.2 Å². The maximum atomic E-state index is 12.0. The van der Waals surface area contributed by atoms with Crippen LogP contribution in [0.4, 0.5) is 4.79 Å². The summed E-state index contributed by atoms with van der Waals surface area (Å²) in [5, 5.41) is 12.9. The van der Waals surface area contributed by atoms with E-state index in [1.54, 1.807) is 4.90 Å². The molecule has 0 radical (unpaired) electrons. The maximum absolute atomic E-state index is 12.0. The van der Waals surface area contributed by atoms with Crippen molar-refractivity contribution in [1.29, 1.82) is 0 Å². The number of amidine groups is 1. The van der Waals surface area contributed by atoms with Gasteiger partial charge in [-0.2, -0.15) is 0 Å². The fraction of sp³-hybridized carbons (Fsp3) is 0.857. The van der Waals surface area contributed by atoms with Gasteiger partial charge in [0.2, 0.25) is 0 Å². The minimum atomic E-state index is -0.493. The Bertz CT molecular complexity index is 361. The maximum Gasteiger partial charge on any atom is 0.410 e. The standard InChI is InChI=1S/C14H27N3O3/c1-10(2)11(18)8-16-12-9-17(7-6-15-12)13(19)20-14(3,4)5/h10-11,18H,6-9H2,1-5H3,(H,15,16). The number of hydrogen-bond acceptors (Lipinski definition) is 5. The SMILES string of the molecule is CC(C)C(O)CNC1=NCCN(C(=O)OC(C)(C)C)C1. The van der Waals surface area contributed by atoms with Crippen molar-refractivity contribution in [2.45, 2.75) is 46.3 Å². The highest BCUT2D eigenvalue weighted by Crippen LogP contribution is 2.11. The first-order chi connectivity index (χ1) is 9.19. The Morgan fingerprint density at radius 3 is 2.70 bits per heavy atom. The second kappa shape index (κ2) is 6.92. The van der Waals surface area contributed by atoms with Crippen LogP contribution >= 0.6 is 0 Å². The average Bonchev–Trinajstić information content (AvgIpc) is 2.34. The summed E-state index contributed by atoms with van der Waals surface area (Å²) in [6, 6.07) is 0. The molecule has 20 heavy (non-hydrogen) atoms. The molecule has 1 unspecified atom stereocenters. The molecule has 0 saturated heterocycles. The average molecular weight is 285 g/mol. The lowest BCUT2D eigenvalue weighted by molar-refractivity contribution is 0.0276. The van der Waals surface area contributed by atoms with Gasteiger partial charge in [0.1, 0.15) is 11.4 Å². The number of nitrogens with one attached hydrogen (secondary N) is 1. The number of hydrogen-bond donors (Lipinski definition) is 2. The number of aliphatic imine (C=N–C) groups is 1. The van der Waals surface area contributed by atoms with Crippen molar-refractivity contribution in [2.75, 3.05) is 26.2 Å². The fourth-order valence-corrected chi connectivity index (χ4v) is 1.67. The van der Waals surface area contributed by atoms with Crippen molar-refractivity contribution in [3.63, 3.8) is 0 Å². The first-order valence-corrected chi connectivity index (χ1v) is 7.12. The molecule has 1 aliphatic heterocycles. The number of carbonyl (C=O) groups excluding carboxylic acids is 1. The van der Waals surface area contributed by atoms with Crippen LogP contribution < -0.4 is 5.32 Å². The van der Waals surface area contributed by atoms with Crippen molar-refractivity contribution in [1.82, 2.24) is 10.2 Å². The molecule has 1 rings (SSSR count). The number of rotatable bonds is 3. The Hall–Kier alpha value is -1.30. The number of aliphatic hydroxyl groups is 1. The zero-order valence-electron chi connectivity index (χ0n) is 13.1. The fourth-order valence-electron chi connectivity index (χ4n) is 1.67. The first-order valence-electron chi connectivity index (χ1n) is 7.12. The van der Waals surface area contributed by atoms with Crippen LogP contribution in [-0.4, -0.2) is 59.8 Å². The van der Waals surface area contributed by atoms with Crippen LogP contribution in [0.5, 0.6) is 0 Å². The first kappa shape index (κ1) is 16.8. The lowest BCUT2D eigenvalue weighted by atomic mass is 10.1. The van der Waals surface area contributed by atoms with E-state index in [2.05, 4.69) is 10.3 Å². The summed E-state index contributed by atoms with van der Waals surface area (Å²) >= 11 is 0.